The molecule has 6 heteroatoms. The third kappa shape index (κ3) is 3.21. The van der Waals surface area contributed by atoms with Crippen molar-refractivity contribution in [1.29, 1.82) is 0 Å². The molecule has 3 aromatic rings. The van der Waals surface area contributed by atoms with E-state index in [0.717, 1.165) is 29.7 Å². The van der Waals surface area contributed by atoms with E-state index in [9.17, 15) is 10.1 Å². The lowest BCUT2D eigenvalue weighted by molar-refractivity contribution is -0.386. The van der Waals surface area contributed by atoms with Gasteiger partial charge < -0.3 is 9.47 Å². The maximum atomic E-state index is 11.1. The maximum Gasteiger partial charge on any atom is 0.331 e. The minimum atomic E-state index is -0.506. The van der Waals surface area contributed by atoms with E-state index < -0.39 is 4.92 Å². The Bertz CT molecular complexity index is 944. The second-order valence-electron chi connectivity index (χ2n) is 6.01. The number of rotatable bonds is 4. The summed E-state index contributed by atoms with van der Waals surface area (Å²) in [4.78, 5) is 14.5. The lowest BCUT2D eigenvalue weighted by Crippen LogP contribution is -2.15. The molecular formula is C20H16N2O4. The highest BCUT2D eigenvalue weighted by molar-refractivity contribution is 5.46. The summed E-state index contributed by atoms with van der Waals surface area (Å²) in [6.45, 7) is 0. The van der Waals surface area contributed by atoms with Gasteiger partial charge in [0.25, 0.3) is 5.88 Å². The van der Waals surface area contributed by atoms with E-state index in [2.05, 4.69) is 17.1 Å². The van der Waals surface area contributed by atoms with Crippen LogP contribution in [0.4, 0.5) is 5.69 Å². The summed E-state index contributed by atoms with van der Waals surface area (Å²) in [5.74, 6) is 1.30. The zero-order valence-corrected chi connectivity index (χ0v) is 13.9. The summed E-state index contributed by atoms with van der Waals surface area (Å²) >= 11 is 0. The van der Waals surface area contributed by atoms with Crippen LogP contribution in [0.1, 0.15) is 23.7 Å². The van der Waals surface area contributed by atoms with Gasteiger partial charge in [-0.15, -0.1) is 0 Å². The van der Waals surface area contributed by atoms with Crippen molar-refractivity contribution >= 4 is 5.69 Å². The smallest absolute Gasteiger partial charge is 0.331 e. The first-order chi connectivity index (χ1) is 12.7. The Labute approximate surface area is 150 Å². The van der Waals surface area contributed by atoms with Crippen LogP contribution in [0, 0.1) is 10.1 Å². The number of nitro groups is 1. The number of pyridine rings is 1. The third-order valence-electron chi connectivity index (χ3n) is 4.31. The van der Waals surface area contributed by atoms with Crippen molar-refractivity contribution in [1.82, 2.24) is 4.98 Å². The van der Waals surface area contributed by atoms with Crippen molar-refractivity contribution in [2.45, 2.75) is 18.9 Å². The van der Waals surface area contributed by atoms with E-state index in [1.54, 1.807) is 6.07 Å². The third-order valence-corrected chi connectivity index (χ3v) is 4.31. The second-order valence-corrected chi connectivity index (χ2v) is 6.01. The van der Waals surface area contributed by atoms with Gasteiger partial charge in [-0.1, -0.05) is 30.3 Å². The zero-order valence-electron chi connectivity index (χ0n) is 13.9. The number of nitrogens with zero attached hydrogens (tertiary/aromatic N) is 2. The molecule has 0 saturated heterocycles. The van der Waals surface area contributed by atoms with Gasteiger partial charge >= 0.3 is 5.69 Å². The molecule has 0 radical (unpaired) electrons. The standard InChI is InChI=1S/C20H16N2O4/c23-22(24)17-7-4-12-21-20(17)25-16-9-11-19-15(13-16)8-10-18(26-19)14-5-2-1-3-6-14/h1-7,9,11-13,18H,8,10H2. The molecule has 1 aliphatic heterocycles. The predicted octanol–water partition coefficient (Wildman–Crippen LogP) is 4.85. The molecule has 26 heavy (non-hydrogen) atoms. The van der Waals surface area contributed by atoms with Gasteiger partial charge in [0.2, 0.25) is 0 Å². The van der Waals surface area contributed by atoms with Crippen LogP contribution in [-0.2, 0) is 6.42 Å². The minimum absolute atomic E-state index is 0.0173. The van der Waals surface area contributed by atoms with Gasteiger partial charge in [0.15, 0.2) is 0 Å². The van der Waals surface area contributed by atoms with Crippen LogP contribution < -0.4 is 9.47 Å². The predicted molar refractivity (Wildman–Crippen MR) is 95.5 cm³/mol. The summed E-state index contributed by atoms with van der Waals surface area (Å²) in [6, 6.07) is 18.4. The normalized spacial score (nSPS) is 15.6. The summed E-state index contributed by atoms with van der Waals surface area (Å²) in [5.41, 5.74) is 2.02. The number of aromatic nitrogens is 1. The molecule has 2 heterocycles. The molecule has 130 valence electrons. The molecule has 1 aliphatic rings. The Kier molecular flexibility index (Phi) is 4.23. The van der Waals surface area contributed by atoms with E-state index >= 15 is 0 Å². The molecule has 0 fully saturated rings. The van der Waals surface area contributed by atoms with Gasteiger partial charge in [-0.25, -0.2) is 4.98 Å². The quantitative estimate of drug-likeness (QED) is 0.498. The molecule has 6 nitrogen and oxygen atoms in total. The number of ether oxygens (including phenoxy) is 2. The first-order valence-electron chi connectivity index (χ1n) is 8.32. The highest BCUT2D eigenvalue weighted by Gasteiger charge is 2.22. The van der Waals surface area contributed by atoms with Crippen LogP contribution in [0.3, 0.4) is 0 Å². The number of hydrogen-bond acceptors (Lipinski definition) is 5. The molecule has 0 saturated carbocycles. The Hall–Kier alpha value is -3.41. The van der Waals surface area contributed by atoms with Crippen LogP contribution in [0.25, 0.3) is 0 Å². The van der Waals surface area contributed by atoms with E-state index in [1.807, 2.05) is 30.3 Å². The molecule has 0 N–H and O–H groups in total. The van der Waals surface area contributed by atoms with Gasteiger partial charge in [-0.3, -0.25) is 10.1 Å². The summed E-state index contributed by atoms with van der Waals surface area (Å²) in [6.07, 6.45) is 3.21. The second kappa shape index (κ2) is 6.84. The van der Waals surface area contributed by atoms with Crippen LogP contribution >= 0.6 is 0 Å². The van der Waals surface area contributed by atoms with Gasteiger partial charge in [0.1, 0.15) is 17.6 Å². The Morgan fingerprint density at radius 1 is 1.12 bits per heavy atom. The monoisotopic (exact) mass is 348 g/mol. The Morgan fingerprint density at radius 3 is 2.77 bits per heavy atom. The van der Waals surface area contributed by atoms with Crippen molar-refractivity contribution in [2.75, 3.05) is 0 Å². The largest absolute Gasteiger partial charge is 0.485 e. The van der Waals surface area contributed by atoms with Gasteiger partial charge in [-0.05, 0) is 48.2 Å². The molecule has 2 aromatic carbocycles. The average Bonchev–Trinajstić information content (AvgIpc) is 2.68. The molecule has 4 rings (SSSR count). The fraction of sp³-hybridized carbons (Fsp3) is 0.150. The van der Waals surface area contributed by atoms with Crippen molar-refractivity contribution < 1.29 is 14.4 Å². The summed E-state index contributed by atoms with van der Waals surface area (Å²) < 4.78 is 11.7. The van der Waals surface area contributed by atoms with Gasteiger partial charge in [0.05, 0.1) is 4.92 Å². The highest BCUT2D eigenvalue weighted by Crippen LogP contribution is 2.38. The number of aryl methyl sites for hydroxylation is 1. The van der Waals surface area contributed by atoms with Crippen LogP contribution in [0.2, 0.25) is 0 Å². The number of hydrogen-bond donors (Lipinski definition) is 0. The average molecular weight is 348 g/mol. The fourth-order valence-electron chi connectivity index (χ4n) is 3.04. The molecule has 1 aromatic heterocycles. The molecule has 0 aliphatic carbocycles. The fourth-order valence-corrected chi connectivity index (χ4v) is 3.04. The summed E-state index contributed by atoms with van der Waals surface area (Å²) in [5, 5.41) is 11.1. The SMILES string of the molecule is O=[N+]([O-])c1cccnc1Oc1ccc2c(c1)CCC(c1ccccc1)O2. The van der Waals surface area contributed by atoms with Gasteiger partial charge in [-0.2, -0.15) is 0 Å². The van der Waals surface area contributed by atoms with Gasteiger partial charge in [0, 0.05) is 12.3 Å². The van der Waals surface area contributed by atoms with E-state index in [0.29, 0.717) is 5.75 Å². The molecule has 0 spiro atoms. The Balaban J connectivity index is 1.55. The topological polar surface area (TPSA) is 74.5 Å². The van der Waals surface area contributed by atoms with E-state index in [1.165, 1.54) is 18.3 Å². The zero-order chi connectivity index (χ0) is 17.9. The van der Waals surface area contributed by atoms with Crippen molar-refractivity contribution in [3.8, 4) is 17.4 Å². The van der Waals surface area contributed by atoms with E-state index in [-0.39, 0.29) is 17.7 Å². The number of benzene rings is 2. The molecular weight excluding hydrogens is 332 g/mol. The van der Waals surface area contributed by atoms with Crippen LogP contribution in [0.15, 0.2) is 66.9 Å². The van der Waals surface area contributed by atoms with Crippen molar-refractivity contribution in [3.05, 3.63) is 88.1 Å². The van der Waals surface area contributed by atoms with Crippen molar-refractivity contribution in [2.24, 2.45) is 0 Å². The van der Waals surface area contributed by atoms with Crippen LogP contribution in [-0.4, -0.2) is 9.91 Å². The van der Waals surface area contributed by atoms with Crippen LogP contribution in [0.5, 0.6) is 17.4 Å². The van der Waals surface area contributed by atoms with Crippen molar-refractivity contribution in [3.63, 3.8) is 0 Å². The summed E-state index contributed by atoms with van der Waals surface area (Å²) in [7, 11) is 0. The molecule has 0 bridgehead atoms. The lowest BCUT2D eigenvalue weighted by Gasteiger charge is -2.26. The molecule has 0 amide bonds. The first kappa shape index (κ1) is 16.1. The molecule has 1 unspecified atom stereocenters. The number of fused-ring (bicyclic) bond motifs is 1. The Morgan fingerprint density at radius 2 is 1.96 bits per heavy atom. The highest BCUT2D eigenvalue weighted by atomic mass is 16.6. The van der Waals surface area contributed by atoms with E-state index in [4.69, 9.17) is 9.47 Å². The first-order valence-corrected chi connectivity index (χ1v) is 8.32. The molecule has 1 atom stereocenters. The minimum Gasteiger partial charge on any atom is -0.485 e. The lowest BCUT2D eigenvalue weighted by atomic mass is 9.97. The maximum absolute atomic E-state index is 11.1.